The standard InChI is InChI=1S/C38H41NO4/c1-5-24-37(26-40,27-42-25-28-16-8-6-9-17-28)34(35(41)43-36(2,3)4)39-38(29-18-10-7-11-19-29)32-22-14-12-20-30(32)31-21-13-15-23-33(31)38/h5-23,34,39-40H,1,24-27H2,2-4H3/t34-,37+/m1/s1. The highest BCUT2D eigenvalue weighted by Gasteiger charge is 2.52. The third-order valence-electron chi connectivity index (χ3n) is 8.14. The lowest BCUT2D eigenvalue weighted by Crippen LogP contribution is -2.62. The lowest BCUT2D eigenvalue weighted by molar-refractivity contribution is -0.165. The van der Waals surface area contributed by atoms with Crippen molar-refractivity contribution in [2.45, 2.75) is 51.0 Å². The third-order valence-corrected chi connectivity index (χ3v) is 8.14. The molecule has 0 aromatic heterocycles. The Kier molecular flexibility index (Phi) is 8.97. The van der Waals surface area contributed by atoms with Gasteiger partial charge in [-0.05, 0) is 60.6 Å². The molecule has 0 saturated heterocycles. The van der Waals surface area contributed by atoms with Crippen molar-refractivity contribution in [1.29, 1.82) is 0 Å². The Morgan fingerprint density at radius 1 is 0.860 bits per heavy atom. The molecule has 5 rings (SSSR count). The lowest BCUT2D eigenvalue weighted by Gasteiger charge is -2.45. The number of nitrogens with one attached hydrogen (secondary N) is 1. The molecular weight excluding hydrogens is 534 g/mol. The number of aliphatic hydroxyl groups is 1. The van der Waals surface area contributed by atoms with Gasteiger partial charge in [-0.15, -0.1) is 6.58 Å². The molecule has 43 heavy (non-hydrogen) atoms. The number of ether oxygens (including phenoxy) is 2. The summed E-state index contributed by atoms with van der Waals surface area (Å²) in [5.74, 6) is -0.455. The number of benzene rings is 4. The molecule has 0 bridgehead atoms. The van der Waals surface area contributed by atoms with Gasteiger partial charge in [-0.1, -0.05) is 115 Å². The van der Waals surface area contributed by atoms with Crippen LogP contribution in [0.5, 0.6) is 0 Å². The van der Waals surface area contributed by atoms with Crippen molar-refractivity contribution >= 4 is 5.97 Å². The Balaban J connectivity index is 1.68. The molecule has 222 valence electrons. The number of fused-ring (bicyclic) bond motifs is 3. The molecule has 0 fully saturated rings. The van der Waals surface area contributed by atoms with E-state index in [0.717, 1.165) is 33.4 Å². The van der Waals surface area contributed by atoms with Gasteiger partial charge in [0.25, 0.3) is 0 Å². The van der Waals surface area contributed by atoms with Gasteiger partial charge in [0, 0.05) is 5.41 Å². The highest BCUT2D eigenvalue weighted by atomic mass is 16.6. The Morgan fingerprint density at radius 2 is 1.40 bits per heavy atom. The first-order chi connectivity index (χ1) is 20.7. The topological polar surface area (TPSA) is 67.8 Å². The Bertz CT molecular complexity index is 1500. The van der Waals surface area contributed by atoms with Crippen LogP contribution in [-0.2, 0) is 26.4 Å². The maximum absolute atomic E-state index is 14.4. The van der Waals surface area contributed by atoms with Gasteiger partial charge in [-0.25, -0.2) is 0 Å². The summed E-state index contributed by atoms with van der Waals surface area (Å²) in [6.07, 6.45) is 2.07. The Labute approximate surface area is 255 Å². The number of allylic oxidation sites excluding steroid dienone is 1. The average molecular weight is 576 g/mol. The summed E-state index contributed by atoms with van der Waals surface area (Å²) in [5, 5.41) is 15.0. The highest BCUT2D eigenvalue weighted by Crippen LogP contribution is 2.52. The highest BCUT2D eigenvalue weighted by molar-refractivity contribution is 5.84. The Hall–Kier alpha value is -4.03. The second-order valence-electron chi connectivity index (χ2n) is 12.3. The molecule has 0 aliphatic heterocycles. The minimum Gasteiger partial charge on any atom is -0.459 e. The first-order valence-electron chi connectivity index (χ1n) is 14.8. The monoisotopic (exact) mass is 575 g/mol. The van der Waals surface area contributed by atoms with Crippen LogP contribution in [0.4, 0.5) is 0 Å². The first kappa shape index (κ1) is 30.4. The second kappa shape index (κ2) is 12.7. The number of carbonyl (C=O) groups is 1. The molecule has 2 N–H and O–H groups in total. The molecule has 4 aromatic rings. The summed E-state index contributed by atoms with van der Waals surface area (Å²) >= 11 is 0. The fourth-order valence-electron chi connectivity index (χ4n) is 6.21. The number of carbonyl (C=O) groups excluding carboxylic acids is 1. The average Bonchev–Trinajstić information content (AvgIpc) is 3.30. The van der Waals surface area contributed by atoms with Gasteiger partial charge in [0.15, 0.2) is 0 Å². The fraction of sp³-hybridized carbons (Fsp3) is 0.289. The molecule has 4 aromatic carbocycles. The van der Waals surface area contributed by atoms with E-state index in [4.69, 9.17) is 9.47 Å². The molecule has 5 nitrogen and oxygen atoms in total. The molecule has 1 aliphatic rings. The van der Waals surface area contributed by atoms with E-state index < -0.39 is 28.6 Å². The normalized spacial score (nSPS) is 15.5. The molecule has 1 aliphatic carbocycles. The maximum Gasteiger partial charge on any atom is 0.324 e. The molecule has 5 heteroatoms. The van der Waals surface area contributed by atoms with E-state index in [9.17, 15) is 9.90 Å². The van der Waals surface area contributed by atoms with E-state index in [-0.39, 0.29) is 13.2 Å². The molecule has 0 amide bonds. The quantitative estimate of drug-likeness (QED) is 0.140. The van der Waals surface area contributed by atoms with E-state index in [2.05, 4.69) is 48.3 Å². The zero-order valence-corrected chi connectivity index (χ0v) is 25.3. The zero-order valence-electron chi connectivity index (χ0n) is 25.3. The van der Waals surface area contributed by atoms with Crippen LogP contribution in [0.25, 0.3) is 11.1 Å². The van der Waals surface area contributed by atoms with Crippen molar-refractivity contribution in [1.82, 2.24) is 5.32 Å². The van der Waals surface area contributed by atoms with Gasteiger partial charge in [-0.3, -0.25) is 10.1 Å². The predicted molar refractivity (Wildman–Crippen MR) is 171 cm³/mol. The van der Waals surface area contributed by atoms with Crippen molar-refractivity contribution in [3.63, 3.8) is 0 Å². The van der Waals surface area contributed by atoms with Crippen LogP contribution in [0.15, 0.2) is 122 Å². The largest absolute Gasteiger partial charge is 0.459 e. The summed E-state index contributed by atoms with van der Waals surface area (Å²) in [6.45, 7) is 9.71. The molecule has 0 unspecified atom stereocenters. The predicted octanol–water partition coefficient (Wildman–Crippen LogP) is 7.03. The van der Waals surface area contributed by atoms with Crippen LogP contribution in [-0.4, -0.2) is 35.9 Å². The van der Waals surface area contributed by atoms with Crippen LogP contribution in [0.2, 0.25) is 0 Å². The smallest absolute Gasteiger partial charge is 0.324 e. The summed E-state index contributed by atoms with van der Waals surface area (Å²) < 4.78 is 12.4. The third kappa shape index (κ3) is 6.07. The van der Waals surface area contributed by atoms with E-state index in [1.165, 1.54) is 0 Å². The summed E-state index contributed by atoms with van der Waals surface area (Å²) in [7, 11) is 0. The van der Waals surface area contributed by atoms with Crippen LogP contribution < -0.4 is 5.32 Å². The SMILES string of the molecule is C=CC[C@](CO)(COCc1ccccc1)[C@H](NC1(c2ccccc2)c2ccccc2-c2ccccc21)C(=O)OC(C)(C)C. The van der Waals surface area contributed by atoms with Crippen LogP contribution >= 0.6 is 0 Å². The van der Waals surface area contributed by atoms with E-state index in [1.807, 2.05) is 93.6 Å². The number of aliphatic hydroxyl groups excluding tert-OH is 1. The van der Waals surface area contributed by atoms with Crippen molar-refractivity contribution in [2.75, 3.05) is 13.2 Å². The zero-order chi connectivity index (χ0) is 30.5. The second-order valence-corrected chi connectivity index (χ2v) is 12.3. The maximum atomic E-state index is 14.4. The van der Waals surface area contributed by atoms with Crippen molar-refractivity contribution in [3.05, 3.63) is 144 Å². The van der Waals surface area contributed by atoms with Gasteiger partial charge in [0.2, 0.25) is 0 Å². The summed E-state index contributed by atoms with van der Waals surface area (Å²) in [5.41, 5.74) is 3.52. The van der Waals surface area contributed by atoms with Crippen LogP contribution in [0.1, 0.15) is 49.4 Å². The summed E-state index contributed by atoms with van der Waals surface area (Å²) in [4.78, 5) is 14.4. The molecule has 0 saturated carbocycles. The van der Waals surface area contributed by atoms with Crippen molar-refractivity contribution in [2.24, 2.45) is 5.41 Å². The van der Waals surface area contributed by atoms with E-state index in [0.29, 0.717) is 13.0 Å². The van der Waals surface area contributed by atoms with Gasteiger partial charge in [0.1, 0.15) is 11.6 Å². The molecular formula is C38H41NO4. The van der Waals surface area contributed by atoms with Crippen LogP contribution in [0.3, 0.4) is 0 Å². The van der Waals surface area contributed by atoms with Gasteiger partial charge >= 0.3 is 5.97 Å². The van der Waals surface area contributed by atoms with E-state index in [1.54, 1.807) is 6.08 Å². The number of hydrogen-bond acceptors (Lipinski definition) is 5. The minimum absolute atomic E-state index is 0.107. The summed E-state index contributed by atoms with van der Waals surface area (Å²) in [6, 6.07) is 35.7. The number of hydrogen-bond donors (Lipinski definition) is 2. The van der Waals surface area contributed by atoms with E-state index >= 15 is 0 Å². The minimum atomic E-state index is -1.08. The fourth-order valence-corrected chi connectivity index (χ4v) is 6.21. The van der Waals surface area contributed by atoms with Gasteiger partial charge < -0.3 is 14.6 Å². The molecule has 0 heterocycles. The number of rotatable bonds is 12. The molecule has 2 atom stereocenters. The van der Waals surface area contributed by atoms with Crippen molar-refractivity contribution < 1.29 is 19.4 Å². The Morgan fingerprint density at radius 3 is 1.93 bits per heavy atom. The first-order valence-corrected chi connectivity index (χ1v) is 14.8. The van der Waals surface area contributed by atoms with Gasteiger partial charge in [0.05, 0.1) is 25.4 Å². The van der Waals surface area contributed by atoms with Crippen LogP contribution in [0, 0.1) is 5.41 Å². The molecule has 0 spiro atoms. The van der Waals surface area contributed by atoms with Gasteiger partial charge in [-0.2, -0.15) is 0 Å². The number of esters is 1. The lowest BCUT2D eigenvalue weighted by atomic mass is 9.74. The molecule has 0 radical (unpaired) electrons. The van der Waals surface area contributed by atoms with Crippen molar-refractivity contribution in [3.8, 4) is 11.1 Å².